The Kier molecular flexibility index (Phi) is 3.60. The van der Waals surface area contributed by atoms with E-state index in [1.807, 2.05) is 30.3 Å². The molecule has 4 nitrogen and oxygen atoms in total. The highest BCUT2D eigenvalue weighted by molar-refractivity contribution is 7.78. The number of rotatable bonds is 3. The fraction of sp³-hybridized carbons (Fsp3) is 0.125. The predicted octanol–water partition coefficient (Wildman–Crippen LogP) is 1.94. The topological polar surface area (TPSA) is 49.8 Å². The van der Waals surface area contributed by atoms with E-state index in [1.54, 1.807) is 0 Å². The van der Waals surface area contributed by atoms with Gasteiger partial charge in [-0.15, -0.1) is 4.47 Å². The number of nitrogens with zero attached hydrogens (tertiary/aromatic N) is 1. The lowest BCUT2D eigenvalue weighted by atomic mass is 10.2. The summed E-state index contributed by atoms with van der Waals surface area (Å²) in [4.78, 5) is 15.0. The molecular formula is C8H9NO3S. The van der Waals surface area contributed by atoms with Gasteiger partial charge >= 0.3 is 6.09 Å². The molecule has 0 aliphatic carbocycles. The minimum absolute atomic E-state index is 0.191. The molecule has 70 valence electrons. The summed E-state index contributed by atoms with van der Waals surface area (Å²) in [6.07, 6.45) is -1.24. The van der Waals surface area contributed by atoms with E-state index in [4.69, 9.17) is 9.94 Å². The minimum Gasteiger partial charge on any atom is -0.463 e. The molecule has 5 heteroatoms. The molecule has 0 heterocycles. The molecule has 1 aromatic carbocycles. The highest BCUT2D eigenvalue weighted by Gasteiger charge is 2.06. The van der Waals surface area contributed by atoms with Crippen molar-refractivity contribution in [3.63, 3.8) is 0 Å². The third-order valence-corrected chi connectivity index (χ3v) is 1.65. The van der Waals surface area contributed by atoms with Crippen LogP contribution in [0.1, 0.15) is 5.56 Å². The van der Waals surface area contributed by atoms with Gasteiger partial charge in [0.2, 0.25) is 0 Å². The average molecular weight is 199 g/mol. The van der Waals surface area contributed by atoms with Gasteiger partial charge in [0.1, 0.15) is 6.61 Å². The number of hydroxylamine groups is 1. The molecule has 0 aliphatic heterocycles. The lowest BCUT2D eigenvalue weighted by Crippen LogP contribution is -2.19. The first-order valence-corrected chi connectivity index (χ1v) is 3.99. The Labute approximate surface area is 81.2 Å². The Morgan fingerprint density at radius 1 is 1.46 bits per heavy atom. The molecule has 0 saturated carbocycles. The van der Waals surface area contributed by atoms with Gasteiger partial charge in [-0.1, -0.05) is 30.3 Å². The summed E-state index contributed by atoms with van der Waals surface area (Å²) in [5.41, 5.74) is 0.891. The van der Waals surface area contributed by atoms with Crippen LogP contribution in [0.25, 0.3) is 0 Å². The first kappa shape index (κ1) is 9.88. The number of hydrogen-bond acceptors (Lipinski definition) is 3. The summed E-state index contributed by atoms with van der Waals surface area (Å²) < 4.78 is 0.479. The van der Waals surface area contributed by atoms with Crippen molar-refractivity contribution in [1.29, 1.82) is 0 Å². The first-order valence-electron chi connectivity index (χ1n) is 3.59. The largest absolute Gasteiger partial charge is 0.463 e. The van der Waals surface area contributed by atoms with Gasteiger partial charge < -0.3 is 5.11 Å². The molecule has 13 heavy (non-hydrogen) atoms. The van der Waals surface area contributed by atoms with Crippen molar-refractivity contribution >= 4 is 18.9 Å². The zero-order chi connectivity index (χ0) is 9.68. The Bertz CT molecular complexity index is 278. The zero-order valence-electron chi connectivity index (χ0n) is 6.75. The molecule has 0 radical (unpaired) electrons. The van der Waals surface area contributed by atoms with Crippen LogP contribution < -0.4 is 0 Å². The second-order valence-corrected chi connectivity index (χ2v) is 2.68. The summed E-state index contributed by atoms with van der Waals surface area (Å²) in [5, 5.41) is 8.38. The Morgan fingerprint density at radius 3 is 2.62 bits per heavy atom. The number of carboxylic acid groups (broad SMARTS) is 1. The number of benzene rings is 1. The molecule has 1 N–H and O–H groups in total. The van der Waals surface area contributed by atoms with Gasteiger partial charge in [-0.25, -0.2) is 4.79 Å². The van der Waals surface area contributed by atoms with Crippen LogP contribution in [0, 0.1) is 0 Å². The lowest BCUT2D eigenvalue weighted by molar-refractivity contribution is -0.0645. The van der Waals surface area contributed by atoms with Crippen LogP contribution in [0.4, 0.5) is 4.79 Å². The Balaban J connectivity index is 2.39. The Morgan fingerprint density at radius 2 is 2.08 bits per heavy atom. The summed E-state index contributed by atoms with van der Waals surface area (Å²) in [6.45, 7) is 0.191. The third-order valence-electron chi connectivity index (χ3n) is 1.36. The molecule has 0 spiro atoms. The monoisotopic (exact) mass is 199 g/mol. The van der Waals surface area contributed by atoms with Gasteiger partial charge in [0.15, 0.2) is 0 Å². The fourth-order valence-electron chi connectivity index (χ4n) is 0.765. The molecule has 1 aromatic rings. The van der Waals surface area contributed by atoms with Gasteiger partial charge in [0.05, 0.1) is 0 Å². The van der Waals surface area contributed by atoms with Crippen molar-refractivity contribution in [2.24, 2.45) is 0 Å². The van der Waals surface area contributed by atoms with Crippen molar-refractivity contribution in [3.8, 4) is 0 Å². The van der Waals surface area contributed by atoms with E-state index in [-0.39, 0.29) is 6.61 Å². The molecule has 0 saturated heterocycles. The number of carbonyl (C=O) groups is 1. The average Bonchev–Trinajstić information content (AvgIpc) is 2.15. The van der Waals surface area contributed by atoms with Crippen molar-refractivity contribution in [2.75, 3.05) is 0 Å². The van der Waals surface area contributed by atoms with Crippen LogP contribution in [0.3, 0.4) is 0 Å². The van der Waals surface area contributed by atoms with Crippen molar-refractivity contribution in [2.45, 2.75) is 6.61 Å². The molecule has 0 aliphatic rings. The maximum absolute atomic E-state index is 10.2. The van der Waals surface area contributed by atoms with Crippen LogP contribution >= 0.6 is 12.8 Å². The van der Waals surface area contributed by atoms with E-state index in [1.165, 1.54) is 0 Å². The van der Waals surface area contributed by atoms with Gasteiger partial charge in [0, 0.05) is 0 Å². The molecule has 0 bridgehead atoms. The Hall–Kier alpha value is -1.20. The van der Waals surface area contributed by atoms with E-state index in [0.717, 1.165) is 5.56 Å². The van der Waals surface area contributed by atoms with Crippen molar-refractivity contribution in [3.05, 3.63) is 35.9 Å². The summed E-state index contributed by atoms with van der Waals surface area (Å²) >= 11 is 3.57. The third kappa shape index (κ3) is 3.35. The molecule has 1 rings (SSSR count). The molecule has 0 aromatic heterocycles. The standard InChI is InChI=1S/C8H9NO3S/c10-8(11)9(13)12-6-7-4-2-1-3-5-7/h1-5,13H,6H2,(H,10,11). The quantitative estimate of drug-likeness (QED) is 0.577. The van der Waals surface area contributed by atoms with E-state index in [0.29, 0.717) is 4.47 Å². The fourth-order valence-corrected chi connectivity index (χ4v) is 0.823. The summed E-state index contributed by atoms with van der Waals surface area (Å²) in [6, 6.07) is 9.25. The highest BCUT2D eigenvalue weighted by atomic mass is 32.1. The van der Waals surface area contributed by atoms with E-state index >= 15 is 0 Å². The van der Waals surface area contributed by atoms with Crippen LogP contribution in [0.5, 0.6) is 0 Å². The molecule has 0 atom stereocenters. The smallest absolute Gasteiger partial charge is 0.442 e. The molecular weight excluding hydrogens is 190 g/mol. The van der Waals surface area contributed by atoms with Crippen LogP contribution in [-0.2, 0) is 11.4 Å². The van der Waals surface area contributed by atoms with E-state index in [2.05, 4.69) is 12.8 Å². The summed E-state index contributed by atoms with van der Waals surface area (Å²) in [7, 11) is 0. The maximum atomic E-state index is 10.2. The normalized spacial score (nSPS) is 9.62. The predicted molar refractivity (Wildman–Crippen MR) is 50.1 cm³/mol. The lowest BCUT2D eigenvalue weighted by Gasteiger charge is -2.10. The zero-order valence-corrected chi connectivity index (χ0v) is 7.65. The number of amides is 1. The maximum Gasteiger partial charge on any atom is 0.442 e. The second-order valence-electron chi connectivity index (χ2n) is 2.31. The first-order chi connectivity index (χ1) is 6.20. The second kappa shape index (κ2) is 4.74. The van der Waals surface area contributed by atoms with Crippen LogP contribution in [-0.4, -0.2) is 15.7 Å². The highest BCUT2D eigenvalue weighted by Crippen LogP contribution is 2.04. The summed E-state index contributed by atoms with van der Waals surface area (Å²) in [5.74, 6) is 0. The number of thiol groups is 1. The SMILES string of the molecule is O=C(O)N(S)OCc1ccccc1. The van der Waals surface area contributed by atoms with Crippen molar-refractivity contribution in [1.82, 2.24) is 4.47 Å². The van der Waals surface area contributed by atoms with Gasteiger partial charge in [-0.05, 0) is 18.4 Å². The van der Waals surface area contributed by atoms with Gasteiger partial charge in [-0.3, -0.25) is 4.84 Å². The molecule has 0 unspecified atom stereocenters. The van der Waals surface area contributed by atoms with E-state index < -0.39 is 6.09 Å². The van der Waals surface area contributed by atoms with Gasteiger partial charge in [-0.2, -0.15) is 0 Å². The van der Waals surface area contributed by atoms with Crippen LogP contribution in [0.2, 0.25) is 0 Å². The van der Waals surface area contributed by atoms with Gasteiger partial charge in [0.25, 0.3) is 0 Å². The number of hydrogen-bond donors (Lipinski definition) is 2. The van der Waals surface area contributed by atoms with E-state index in [9.17, 15) is 4.79 Å². The minimum atomic E-state index is -1.24. The van der Waals surface area contributed by atoms with Crippen LogP contribution in [0.15, 0.2) is 30.3 Å². The molecule has 1 amide bonds. The van der Waals surface area contributed by atoms with Crippen molar-refractivity contribution < 1.29 is 14.7 Å². The molecule has 0 fully saturated rings.